The van der Waals surface area contributed by atoms with Gasteiger partial charge in [0, 0.05) is 19.0 Å². The van der Waals surface area contributed by atoms with Gasteiger partial charge in [0.15, 0.2) is 0 Å². The lowest BCUT2D eigenvalue weighted by molar-refractivity contribution is -0.132. The molecule has 3 atom stereocenters. The standard InChI is InChI=1S/C27H41N3O3.2C2H6.CH2O/c1-20(2)18-23-25(32)28-16-14-27(15-17-29-26(27)33)13-9-4-3-8-12-22(24(31)30-23)19-21-10-6-5-7-11-21;3*1-2/h5-7,10-11,20,22-23H,3-4,8-9,12-19H2,1-2H3,(H,28,32)(H,29,33)(H,30,31);2*1-2H3;1H2. The zero-order chi connectivity index (χ0) is 29.7. The highest BCUT2D eigenvalue weighted by molar-refractivity contribution is 5.89. The summed E-state index contributed by atoms with van der Waals surface area (Å²) in [6.45, 7) is 15.3. The lowest BCUT2D eigenvalue weighted by Gasteiger charge is -2.27. The van der Waals surface area contributed by atoms with Crippen LogP contribution in [0.2, 0.25) is 0 Å². The fourth-order valence-electron chi connectivity index (χ4n) is 5.29. The van der Waals surface area contributed by atoms with Crippen LogP contribution in [0.4, 0.5) is 0 Å². The molecule has 2 fully saturated rings. The molecule has 3 rings (SSSR count). The minimum Gasteiger partial charge on any atom is -0.356 e. The minimum absolute atomic E-state index is 0.0267. The van der Waals surface area contributed by atoms with Crippen LogP contribution in [0.15, 0.2) is 30.3 Å². The molecule has 39 heavy (non-hydrogen) atoms. The molecule has 2 saturated heterocycles. The quantitative estimate of drug-likeness (QED) is 0.457. The topological polar surface area (TPSA) is 104 Å². The first-order valence-electron chi connectivity index (χ1n) is 15.1. The van der Waals surface area contributed by atoms with Crippen molar-refractivity contribution in [3.8, 4) is 0 Å². The Morgan fingerprint density at radius 3 is 1.97 bits per heavy atom. The Labute approximate surface area is 237 Å². The Balaban J connectivity index is 0.00000225. The highest BCUT2D eigenvalue weighted by Crippen LogP contribution is 2.36. The van der Waals surface area contributed by atoms with Crippen molar-refractivity contribution in [3.05, 3.63) is 35.9 Å². The smallest absolute Gasteiger partial charge is 0.242 e. The van der Waals surface area contributed by atoms with Crippen LogP contribution >= 0.6 is 0 Å². The van der Waals surface area contributed by atoms with Crippen molar-refractivity contribution in [2.45, 2.75) is 112 Å². The minimum atomic E-state index is -0.547. The molecule has 0 saturated carbocycles. The Morgan fingerprint density at radius 1 is 0.821 bits per heavy atom. The number of benzene rings is 1. The van der Waals surface area contributed by atoms with E-state index in [0.717, 1.165) is 57.1 Å². The number of rotatable bonds is 4. The molecule has 0 radical (unpaired) electrons. The van der Waals surface area contributed by atoms with Gasteiger partial charge in [0.25, 0.3) is 0 Å². The van der Waals surface area contributed by atoms with Crippen molar-refractivity contribution in [1.29, 1.82) is 0 Å². The molecule has 1 aromatic rings. The summed E-state index contributed by atoms with van der Waals surface area (Å²) in [5.41, 5.74) is 0.787. The van der Waals surface area contributed by atoms with Gasteiger partial charge >= 0.3 is 0 Å². The van der Waals surface area contributed by atoms with E-state index in [4.69, 9.17) is 4.79 Å². The highest BCUT2D eigenvalue weighted by atomic mass is 16.2. The Hall–Kier alpha value is -2.70. The maximum Gasteiger partial charge on any atom is 0.242 e. The third-order valence-electron chi connectivity index (χ3n) is 7.27. The number of hydrogen-bond acceptors (Lipinski definition) is 4. The van der Waals surface area contributed by atoms with Gasteiger partial charge in [-0.3, -0.25) is 14.4 Å². The average molecular weight is 546 g/mol. The van der Waals surface area contributed by atoms with Gasteiger partial charge in [0.2, 0.25) is 17.7 Å². The number of carbonyl (C=O) groups excluding carboxylic acids is 4. The summed E-state index contributed by atoms with van der Waals surface area (Å²) in [5.74, 6) is 0.103. The molecule has 7 nitrogen and oxygen atoms in total. The monoisotopic (exact) mass is 545 g/mol. The number of hydrogen-bond donors (Lipinski definition) is 3. The molecule has 1 spiro atoms. The van der Waals surface area contributed by atoms with Crippen molar-refractivity contribution in [2.75, 3.05) is 13.1 Å². The van der Waals surface area contributed by atoms with Crippen LogP contribution in [0, 0.1) is 17.3 Å². The SMILES string of the molecule is C=O.CC.CC.CC(C)CC1NC(=O)C(Cc2ccccc2)CCCCCCC2(CCNC1=O)CCNC2=O. The van der Waals surface area contributed by atoms with E-state index in [-0.39, 0.29) is 35.0 Å². The van der Waals surface area contributed by atoms with Gasteiger partial charge in [-0.15, -0.1) is 0 Å². The summed E-state index contributed by atoms with van der Waals surface area (Å²) in [5, 5.41) is 9.11. The van der Waals surface area contributed by atoms with Crippen LogP contribution in [0.1, 0.15) is 105 Å². The van der Waals surface area contributed by atoms with Gasteiger partial charge in [-0.1, -0.05) is 97.6 Å². The first-order chi connectivity index (χ1) is 18.9. The highest BCUT2D eigenvalue weighted by Gasteiger charge is 2.41. The van der Waals surface area contributed by atoms with E-state index in [9.17, 15) is 14.4 Å². The van der Waals surface area contributed by atoms with E-state index in [1.54, 1.807) is 0 Å². The fraction of sp³-hybridized carbons (Fsp3) is 0.688. The molecule has 7 heteroatoms. The van der Waals surface area contributed by atoms with E-state index in [1.165, 1.54) is 0 Å². The zero-order valence-electron chi connectivity index (χ0n) is 25.4. The molecule has 0 aliphatic carbocycles. The maximum absolute atomic E-state index is 13.3. The van der Waals surface area contributed by atoms with Crippen LogP contribution in [-0.4, -0.2) is 43.6 Å². The first kappa shape index (κ1) is 36.3. The molecule has 222 valence electrons. The fourth-order valence-corrected chi connectivity index (χ4v) is 5.29. The molecule has 0 aromatic heterocycles. The summed E-state index contributed by atoms with van der Waals surface area (Å²) in [7, 11) is 0. The van der Waals surface area contributed by atoms with Gasteiger partial charge in [-0.2, -0.15) is 0 Å². The molecule has 2 aliphatic rings. The van der Waals surface area contributed by atoms with Crippen molar-refractivity contribution < 1.29 is 19.2 Å². The molecule has 2 aliphatic heterocycles. The summed E-state index contributed by atoms with van der Waals surface area (Å²) < 4.78 is 0. The summed E-state index contributed by atoms with van der Waals surface area (Å²) >= 11 is 0. The normalized spacial score (nSPS) is 24.1. The number of amides is 3. The second-order valence-corrected chi connectivity index (χ2v) is 10.4. The number of carbonyl (C=O) groups is 4. The summed E-state index contributed by atoms with van der Waals surface area (Å²) in [4.78, 5) is 47.0. The zero-order valence-corrected chi connectivity index (χ0v) is 25.4. The van der Waals surface area contributed by atoms with Crippen LogP contribution < -0.4 is 16.0 Å². The average Bonchev–Trinajstić information content (AvgIpc) is 3.32. The molecular weight excluding hydrogens is 490 g/mol. The third-order valence-corrected chi connectivity index (χ3v) is 7.27. The van der Waals surface area contributed by atoms with Crippen molar-refractivity contribution in [3.63, 3.8) is 0 Å². The molecule has 0 bridgehead atoms. The van der Waals surface area contributed by atoms with E-state index in [2.05, 4.69) is 41.9 Å². The maximum atomic E-state index is 13.3. The molecule has 3 N–H and O–H groups in total. The molecular formula is C32H55N3O4. The Morgan fingerprint density at radius 2 is 1.41 bits per heavy atom. The lowest BCUT2D eigenvalue weighted by atomic mass is 9.78. The van der Waals surface area contributed by atoms with Crippen molar-refractivity contribution in [1.82, 2.24) is 16.0 Å². The second kappa shape index (κ2) is 21.2. The third kappa shape index (κ3) is 12.8. The van der Waals surface area contributed by atoms with Crippen molar-refractivity contribution >= 4 is 24.5 Å². The van der Waals surface area contributed by atoms with E-state index >= 15 is 0 Å². The van der Waals surface area contributed by atoms with E-state index in [0.29, 0.717) is 25.8 Å². The van der Waals surface area contributed by atoms with Gasteiger partial charge < -0.3 is 20.7 Å². The summed E-state index contributed by atoms with van der Waals surface area (Å²) in [6.07, 6.45) is 8.57. The predicted octanol–water partition coefficient (Wildman–Crippen LogP) is 5.61. The largest absolute Gasteiger partial charge is 0.356 e. The van der Waals surface area contributed by atoms with Gasteiger partial charge in [0.05, 0.1) is 5.41 Å². The van der Waals surface area contributed by atoms with E-state index in [1.807, 2.05) is 52.7 Å². The Kier molecular flexibility index (Phi) is 19.7. The predicted molar refractivity (Wildman–Crippen MR) is 160 cm³/mol. The molecule has 2 heterocycles. The summed E-state index contributed by atoms with van der Waals surface area (Å²) in [6, 6.07) is 9.57. The second-order valence-electron chi connectivity index (χ2n) is 10.4. The first-order valence-corrected chi connectivity index (χ1v) is 15.1. The van der Waals surface area contributed by atoms with Gasteiger partial charge in [-0.25, -0.2) is 0 Å². The molecule has 3 unspecified atom stereocenters. The van der Waals surface area contributed by atoms with Gasteiger partial charge in [-0.05, 0) is 50.0 Å². The van der Waals surface area contributed by atoms with Crippen LogP contribution in [-0.2, 0) is 25.6 Å². The van der Waals surface area contributed by atoms with E-state index < -0.39 is 6.04 Å². The lowest BCUT2D eigenvalue weighted by Crippen LogP contribution is -2.50. The van der Waals surface area contributed by atoms with Gasteiger partial charge in [0.1, 0.15) is 12.8 Å². The van der Waals surface area contributed by atoms with Crippen LogP contribution in [0.25, 0.3) is 0 Å². The van der Waals surface area contributed by atoms with Crippen LogP contribution in [0.3, 0.4) is 0 Å². The molecule has 1 aromatic carbocycles. The number of nitrogens with one attached hydrogen (secondary N) is 3. The molecule has 3 amide bonds. The Bertz CT molecular complexity index is 815. The van der Waals surface area contributed by atoms with Crippen LogP contribution in [0.5, 0.6) is 0 Å². The van der Waals surface area contributed by atoms with Crippen molar-refractivity contribution in [2.24, 2.45) is 17.3 Å².